The second kappa shape index (κ2) is 11.1. The lowest BCUT2D eigenvalue weighted by atomic mass is 9.74. The second-order valence-corrected chi connectivity index (χ2v) is 10.9. The van der Waals surface area contributed by atoms with E-state index in [1.54, 1.807) is 32.3 Å². The second-order valence-electron chi connectivity index (χ2n) is 10.5. The molecule has 4 rings (SSSR count). The van der Waals surface area contributed by atoms with Crippen molar-refractivity contribution in [2.24, 2.45) is 11.8 Å². The highest BCUT2D eigenvalue weighted by atomic mass is 35.5. The van der Waals surface area contributed by atoms with Crippen molar-refractivity contribution >= 4 is 23.4 Å². The molecule has 2 aliphatic rings. The van der Waals surface area contributed by atoms with Crippen LogP contribution in [-0.2, 0) is 10.4 Å². The minimum Gasteiger partial charge on any atom is -0.490 e. The molecular formula is C28H32ClF3N2O4. The Balaban J connectivity index is 1.25. The molecule has 1 aliphatic carbocycles. The van der Waals surface area contributed by atoms with Crippen LogP contribution in [0.3, 0.4) is 0 Å². The van der Waals surface area contributed by atoms with Crippen molar-refractivity contribution in [2.45, 2.75) is 50.0 Å². The maximum absolute atomic E-state index is 13.9. The number of halogens is 4. The Kier molecular flexibility index (Phi) is 8.28. The number of rotatable bonds is 7. The van der Waals surface area contributed by atoms with Gasteiger partial charge < -0.3 is 19.6 Å². The van der Waals surface area contributed by atoms with Gasteiger partial charge in [0.25, 0.3) is 17.4 Å². The zero-order valence-electron chi connectivity index (χ0n) is 21.4. The average molecular weight is 553 g/mol. The topological polar surface area (TPSA) is 70.1 Å². The standard InChI is InChI=1S/C28H32ClF3N2O4/c1-33(2)25(35)23-9-8-21(17-24(23)29)38-22-15-19(16-22)14-18-10-12-34(13-11-18)26(36)27(37,28(30,31)32)20-6-4-3-5-7-20/h3-9,17-19,22,37H,10-16H2,1-2H3. The van der Waals surface area contributed by atoms with Gasteiger partial charge >= 0.3 is 6.18 Å². The van der Waals surface area contributed by atoms with Gasteiger partial charge in [0.2, 0.25) is 0 Å². The van der Waals surface area contributed by atoms with Gasteiger partial charge in [-0.3, -0.25) is 9.59 Å². The van der Waals surface area contributed by atoms with Crippen LogP contribution in [0.15, 0.2) is 48.5 Å². The van der Waals surface area contributed by atoms with E-state index in [0.717, 1.165) is 36.3 Å². The molecule has 6 nitrogen and oxygen atoms in total. The molecule has 1 N–H and O–H groups in total. The molecule has 1 atom stereocenters. The van der Waals surface area contributed by atoms with E-state index >= 15 is 0 Å². The fraction of sp³-hybridized carbons (Fsp3) is 0.500. The number of hydrogen-bond acceptors (Lipinski definition) is 4. The van der Waals surface area contributed by atoms with Gasteiger partial charge in [0.05, 0.1) is 16.7 Å². The van der Waals surface area contributed by atoms with Crippen LogP contribution in [0.4, 0.5) is 13.2 Å². The van der Waals surface area contributed by atoms with Gasteiger partial charge in [0.1, 0.15) is 5.75 Å². The molecule has 38 heavy (non-hydrogen) atoms. The molecule has 1 unspecified atom stereocenters. The van der Waals surface area contributed by atoms with Gasteiger partial charge in [-0.25, -0.2) is 0 Å². The van der Waals surface area contributed by atoms with E-state index in [2.05, 4.69) is 0 Å². The maximum Gasteiger partial charge on any atom is 0.430 e. The van der Waals surface area contributed by atoms with Crippen LogP contribution in [0.5, 0.6) is 5.75 Å². The van der Waals surface area contributed by atoms with Gasteiger partial charge in [-0.15, -0.1) is 0 Å². The van der Waals surface area contributed by atoms with E-state index in [4.69, 9.17) is 16.3 Å². The summed E-state index contributed by atoms with van der Waals surface area (Å²) in [6.07, 6.45) is -1.27. The number of aliphatic hydroxyl groups is 1. The largest absolute Gasteiger partial charge is 0.490 e. The fourth-order valence-corrected chi connectivity index (χ4v) is 5.55. The zero-order valence-corrected chi connectivity index (χ0v) is 22.1. The fourth-order valence-electron chi connectivity index (χ4n) is 5.30. The van der Waals surface area contributed by atoms with Crippen LogP contribution >= 0.6 is 11.6 Å². The first-order valence-electron chi connectivity index (χ1n) is 12.7. The monoisotopic (exact) mass is 552 g/mol. The Morgan fingerprint density at radius 2 is 1.68 bits per heavy atom. The molecule has 0 aromatic heterocycles. The summed E-state index contributed by atoms with van der Waals surface area (Å²) in [6.45, 7) is 0.357. The molecule has 0 spiro atoms. The molecule has 1 aliphatic heterocycles. The number of benzene rings is 2. The van der Waals surface area contributed by atoms with Crippen LogP contribution in [0.25, 0.3) is 0 Å². The van der Waals surface area contributed by atoms with Crippen LogP contribution in [0, 0.1) is 11.8 Å². The predicted molar refractivity (Wildman–Crippen MR) is 137 cm³/mol. The van der Waals surface area contributed by atoms with Gasteiger partial charge in [-0.1, -0.05) is 41.9 Å². The van der Waals surface area contributed by atoms with Crippen molar-refractivity contribution in [3.63, 3.8) is 0 Å². The molecule has 2 aromatic carbocycles. The third-order valence-electron chi connectivity index (χ3n) is 7.55. The Bertz CT molecular complexity index is 1150. The Morgan fingerprint density at radius 3 is 2.24 bits per heavy atom. The molecule has 2 fully saturated rings. The Morgan fingerprint density at radius 1 is 1.05 bits per heavy atom. The summed E-state index contributed by atoms with van der Waals surface area (Å²) in [6, 6.07) is 11.6. The number of amides is 2. The number of carbonyl (C=O) groups is 2. The lowest BCUT2D eigenvalue weighted by molar-refractivity contribution is -0.262. The number of piperidine rings is 1. The van der Waals surface area contributed by atoms with Crippen LogP contribution in [-0.4, -0.2) is 66.2 Å². The van der Waals surface area contributed by atoms with Gasteiger partial charge in [0.15, 0.2) is 0 Å². The number of hydrogen-bond donors (Lipinski definition) is 1. The number of ether oxygens (including phenoxy) is 1. The summed E-state index contributed by atoms with van der Waals surface area (Å²) in [5, 5.41) is 10.9. The Hall–Kier alpha value is -2.78. The van der Waals surface area contributed by atoms with E-state index in [0.29, 0.717) is 41.0 Å². The SMILES string of the molecule is CN(C)C(=O)c1ccc(OC2CC(CC3CCN(C(=O)C(O)(c4ccccc4)C(F)(F)F)CC3)C2)cc1Cl. The summed E-state index contributed by atoms with van der Waals surface area (Å²) in [4.78, 5) is 27.6. The molecule has 10 heteroatoms. The normalized spacial score (nSPS) is 21.8. The van der Waals surface area contributed by atoms with E-state index in [-0.39, 0.29) is 25.1 Å². The quantitative estimate of drug-likeness (QED) is 0.507. The van der Waals surface area contributed by atoms with Crippen molar-refractivity contribution in [2.75, 3.05) is 27.2 Å². The summed E-state index contributed by atoms with van der Waals surface area (Å²) < 4.78 is 47.6. The van der Waals surface area contributed by atoms with E-state index in [9.17, 15) is 27.9 Å². The molecule has 1 saturated carbocycles. The summed E-state index contributed by atoms with van der Waals surface area (Å²) in [5.74, 6) is -0.152. The van der Waals surface area contributed by atoms with Crippen LogP contribution in [0.1, 0.15) is 48.0 Å². The third kappa shape index (κ3) is 5.78. The van der Waals surface area contributed by atoms with Crippen LogP contribution in [0.2, 0.25) is 5.02 Å². The van der Waals surface area contributed by atoms with E-state index < -0.39 is 23.2 Å². The molecule has 206 valence electrons. The van der Waals surface area contributed by atoms with Crippen molar-refractivity contribution in [3.8, 4) is 5.75 Å². The minimum atomic E-state index is -5.13. The van der Waals surface area contributed by atoms with Crippen LogP contribution < -0.4 is 4.74 Å². The van der Waals surface area contributed by atoms with Gasteiger partial charge in [-0.05, 0) is 62.1 Å². The van der Waals surface area contributed by atoms with Gasteiger partial charge in [0, 0.05) is 32.7 Å². The number of carbonyl (C=O) groups excluding carboxylic acids is 2. The highest BCUT2D eigenvalue weighted by molar-refractivity contribution is 6.34. The van der Waals surface area contributed by atoms with Crippen molar-refractivity contribution in [3.05, 3.63) is 64.7 Å². The van der Waals surface area contributed by atoms with Crippen molar-refractivity contribution in [1.82, 2.24) is 9.80 Å². The van der Waals surface area contributed by atoms with Gasteiger partial charge in [-0.2, -0.15) is 13.2 Å². The molecule has 1 heterocycles. The minimum absolute atomic E-state index is 0.0424. The van der Waals surface area contributed by atoms with Crippen molar-refractivity contribution in [1.29, 1.82) is 0 Å². The molecular weight excluding hydrogens is 521 g/mol. The number of nitrogens with zero attached hydrogens (tertiary/aromatic N) is 2. The smallest absolute Gasteiger partial charge is 0.430 e. The first-order valence-corrected chi connectivity index (χ1v) is 13.1. The Labute approximate surface area is 225 Å². The first-order chi connectivity index (χ1) is 17.9. The number of alkyl halides is 3. The average Bonchev–Trinajstić information content (AvgIpc) is 2.86. The maximum atomic E-state index is 13.9. The molecule has 0 bridgehead atoms. The highest BCUT2D eigenvalue weighted by Gasteiger charge is 2.62. The lowest BCUT2D eigenvalue weighted by Gasteiger charge is -2.41. The third-order valence-corrected chi connectivity index (χ3v) is 7.86. The molecule has 1 saturated heterocycles. The summed E-state index contributed by atoms with van der Waals surface area (Å²) in [5.41, 5.74) is -3.61. The lowest BCUT2D eigenvalue weighted by Crippen LogP contribution is -2.57. The molecule has 0 radical (unpaired) electrons. The zero-order chi connectivity index (χ0) is 27.7. The molecule has 2 aromatic rings. The highest BCUT2D eigenvalue weighted by Crippen LogP contribution is 2.42. The number of likely N-dealkylation sites (tertiary alicyclic amines) is 1. The van der Waals surface area contributed by atoms with E-state index in [1.807, 2.05) is 0 Å². The van der Waals surface area contributed by atoms with E-state index in [1.165, 1.54) is 23.1 Å². The summed E-state index contributed by atoms with van der Waals surface area (Å²) >= 11 is 6.26. The predicted octanol–water partition coefficient (Wildman–Crippen LogP) is 5.28. The first kappa shape index (κ1) is 28.2. The van der Waals surface area contributed by atoms with Crippen molar-refractivity contribution < 1.29 is 32.6 Å². The molecule has 2 amide bonds. The summed E-state index contributed by atoms with van der Waals surface area (Å²) in [7, 11) is 3.32.